The van der Waals surface area contributed by atoms with Crippen LogP contribution in [0.2, 0.25) is 0 Å². The van der Waals surface area contributed by atoms with Crippen LogP contribution in [-0.4, -0.2) is 24.0 Å². The quantitative estimate of drug-likeness (QED) is 0.615. The van der Waals surface area contributed by atoms with Gasteiger partial charge in [-0.25, -0.2) is 4.79 Å². The number of hydrogen-bond donors (Lipinski definition) is 3. The van der Waals surface area contributed by atoms with Crippen molar-refractivity contribution in [3.63, 3.8) is 0 Å². The Bertz CT molecular complexity index is 251. The molecule has 1 fully saturated rings. The van der Waals surface area contributed by atoms with Crippen molar-refractivity contribution in [2.75, 3.05) is 0 Å². The van der Waals surface area contributed by atoms with E-state index in [9.17, 15) is 9.59 Å². The molecule has 0 spiro atoms. The summed E-state index contributed by atoms with van der Waals surface area (Å²) in [7, 11) is 0. The van der Waals surface area contributed by atoms with Crippen molar-refractivity contribution in [3.8, 4) is 0 Å². The smallest absolute Gasteiger partial charge is 0.312 e. The van der Waals surface area contributed by atoms with Crippen molar-refractivity contribution in [1.29, 1.82) is 0 Å². The summed E-state index contributed by atoms with van der Waals surface area (Å²) < 4.78 is 0. The molecule has 0 unspecified atom stereocenters. The number of nitrogens with one attached hydrogen (secondary N) is 2. The normalized spacial score (nSPS) is 19.1. The van der Waals surface area contributed by atoms with Gasteiger partial charge in [0, 0.05) is 6.04 Å². The molecule has 0 aromatic heterocycles. The molecule has 86 valence electrons. The highest BCUT2D eigenvalue weighted by Gasteiger charge is 2.30. The van der Waals surface area contributed by atoms with E-state index in [4.69, 9.17) is 5.73 Å². The third-order valence-electron chi connectivity index (χ3n) is 2.72. The minimum Gasteiger partial charge on any atom is -0.352 e. The zero-order valence-electron chi connectivity index (χ0n) is 9.25. The lowest BCUT2D eigenvalue weighted by molar-refractivity contribution is -0.124. The number of nitrogens with two attached hydrogens (primary N) is 1. The SMILES string of the molecule is CC[C@H](C)[C@@H](NC(N)=O)C(=O)NC1CC1. The third-order valence-corrected chi connectivity index (χ3v) is 2.72. The third kappa shape index (κ3) is 3.77. The lowest BCUT2D eigenvalue weighted by Crippen LogP contribution is -2.52. The van der Waals surface area contributed by atoms with Gasteiger partial charge in [0.2, 0.25) is 5.91 Å². The van der Waals surface area contributed by atoms with Crippen molar-refractivity contribution in [1.82, 2.24) is 10.6 Å². The van der Waals surface area contributed by atoms with Crippen molar-refractivity contribution < 1.29 is 9.59 Å². The molecule has 1 rings (SSSR count). The van der Waals surface area contributed by atoms with Crippen LogP contribution in [0.15, 0.2) is 0 Å². The fraction of sp³-hybridized carbons (Fsp3) is 0.800. The van der Waals surface area contributed by atoms with E-state index in [1.54, 1.807) is 0 Å². The van der Waals surface area contributed by atoms with Gasteiger partial charge < -0.3 is 16.4 Å². The highest BCUT2D eigenvalue weighted by atomic mass is 16.2. The van der Waals surface area contributed by atoms with Crippen molar-refractivity contribution >= 4 is 11.9 Å². The summed E-state index contributed by atoms with van der Waals surface area (Å²) in [4.78, 5) is 22.5. The number of carbonyl (C=O) groups excluding carboxylic acids is 2. The Labute approximate surface area is 89.8 Å². The monoisotopic (exact) mass is 213 g/mol. The summed E-state index contributed by atoms with van der Waals surface area (Å²) in [6, 6.07) is -0.849. The number of hydrogen-bond acceptors (Lipinski definition) is 2. The first-order valence-corrected chi connectivity index (χ1v) is 5.41. The molecule has 0 bridgehead atoms. The standard InChI is InChI=1S/C10H19N3O2/c1-3-6(2)8(13-10(11)15)9(14)12-7-4-5-7/h6-8H,3-5H2,1-2H3,(H,12,14)(H3,11,13,15)/t6-,8+/m0/s1. The molecule has 5 nitrogen and oxygen atoms in total. The maximum Gasteiger partial charge on any atom is 0.312 e. The molecule has 0 aromatic carbocycles. The van der Waals surface area contributed by atoms with Gasteiger partial charge in [-0.15, -0.1) is 0 Å². The van der Waals surface area contributed by atoms with Crippen LogP contribution in [0.1, 0.15) is 33.1 Å². The summed E-state index contributed by atoms with van der Waals surface area (Å²) in [5, 5.41) is 5.36. The van der Waals surface area contributed by atoms with E-state index in [2.05, 4.69) is 10.6 Å². The van der Waals surface area contributed by atoms with E-state index in [1.165, 1.54) is 0 Å². The molecule has 0 heterocycles. The molecular formula is C10H19N3O2. The molecule has 0 saturated heterocycles. The lowest BCUT2D eigenvalue weighted by Gasteiger charge is -2.22. The first kappa shape index (κ1) is 11.8. The zero-order chi connectivity index (χ0) is 11.4. The number of carbonyl (C=O) groups is 2. The van der Waals surface area contributed by atoms with E-state index in [0.717, 1.165) is 19.3 Å². The van der Waals surface area contributed by atoms with Crippen LogP contribution in [0.25, 0.3) is 0 Å². The molecule has 4 N–H and O–H groups in total. The first-order valence-electron chi connectivity index (χ1n) is 5.41. The maximum absolute atomic E-state index is 11.7. The van der Waals surface area contributed by atoms with E-state index >= 15 is 0 Å². The summed E-state index contributed by atoms with van der Waals surface area (Å²) >= 11 is 0. The second kappa shape index (κ2) is 5.00. The minimum atomic E-state index is -0.647. The van der Waals surface area contributed by atoms with Gasteiger partial charge in [-0.3, -0.25) is 4.79 Å². The van der Waals surface area contributed by atoms with Crippen LogP contribution in [0.4, 0.5) is 4.79 Å². The highest BCUT2D eigenvalue weighted by Crippen LogP contribution is 2.19. The summed E-state index contributed by atoms with van der Waals surface area (Å²) in [6.45, 7) is 3.90. The largest absolute Gasteiger partial charge is 0.352 e. The van der Waals surface area contributed by atoms with Crippen LogP contribution in [0, 0.1) is 5.92 Å². The number of urea groups is 1. The fourth-order valence-corrected chi connectivity index (χ4v) is 1.37. The van der Waals surface area contributed by atoms with Gasteiger partial charge in [0.05, 0.1) is 0 Å². The topological polar surface area (TPSA) is 84.2 Å². The second-order valence-corrected chi connectivity index (χ2v) is 4.15. The van der Waals surface area contributed by atoms with Crippen LogP contribution in [-0.2, 0) is 4.79 Å². The van der Waals surface area contributed by atoms with Crippen molar-refractivity contribution in [2.24, 2.45) is 11.7 Å². The summed E-state index contributed by atoms with van der Waals surface area (Å²) in [5.41, 5.74) is 5.04. The molecule has 2 atom stereocenters. The van der Waals surface area contributed by atoms with Crippen LogP contribution < -0.4 is 16.4 Å². The molecule has 0 aliphatic heterocycles. The van der Waals surface area contributed by atoms with Gasteiger partial charge in [-0.2, -0.15) is 0 Å². The van der Waals surface area contributed by atoms with E-state index in [0.29, 0.717) is 6.04 Å². The second-order valence-electron chi connectivity index (χ2n) is 4.15. The molecule has 15 heavy (non-hydrogen) atoms. The molecule has 1 aliphatic carbocycles. The summed E-state index contributed by atoms with van der Waals surface area (Å²) in [6.07, 6.45) is 2.90. The first-order chi connectivity index (χ1) is 7.04. The average molecular weight is 213 g/mol. The number of amides is 3. The van der Waals surface area contributed by atoms with E-state index in [-0.39, 0.29) is 11.8 Å². The van der Waals surface area contributed by atoms with Crippen LogP contribution in [0.5, 0.6) is 0 Å². The summed E-state index contributed by atoms with van der Waals surface area (Å²) in [5.74, 6) is -0.0260. The van der Waals surface area contributed by atoms with E-state index in [1.807, 2.05) is 13.8 Å². The van der Waals surface area contributed by atoms with Gasteiger partial charge in [0.25, 0.3) is 0 Å². The van der Waals surface area contributed by atoms with Gasteiger partial charge in [0.1, 0.15) is 6.04 Å². The highest BCUT2D eigenvalue weighted by molar-refractivity contribution is 5.87. The van der Waals surface area contributed by atoms with Gasteiger partial charge in [-0.1, -0.05) is 20.3 Å². The van der Waals surface area contributed by atoms with Crippen LogP contribution in [0.3, 0.4) is 0 Å². The molecule has 0 radical (unpaired) electrons. The Morgan fingerprint density at radius 3 is 2.47 bits per heavy atom. The van der Waals surface area contributed by atoms with Crippen LogP contribution >= 0.6 is 0 Å². The average Bonchev–Trinajstić information content (AvgIpc) is 2.96. The predicted molar refractivity (Wildman–Crippen MR) is 57.1 cm³/mol. The Morgan fingerprint density at radius 1 is 1.47 bits per heavy atom. The molecule has 3 amide bonds. The van der Waals surface area contributed by atoms with Crippen molar-refractivity contribution in [2.45, 2.75) is 45.2 Å². The Morgan fingerprint density at radius 2 is 2.07 bits per heavy atom. The zero-order valence-corrected chi connectivity index (χ0v) is 9.25. The van der Waals surface area contributed by atoms with Gasteiger partial charge >= 0.3 is 6.03 Å². The van der Waals surface area contributed by atoms with Crippen molar-refractivity contribution in [3.05, 3.63) is 0 Å². The fourth-order valence-electron chi connectivity index (χ4n) is 1.37. The molecule has 5 heteroatoms. The molecule has 1 aliphatic rings. The van der Waals surface area contributed by atoms with E-state index < -0.39 is 12.1 Å². The predicted octanol–water partition coefficient (Wildman–Crippen LogP) is 0.348. The Kier molecular flexibility index (Phi) is 3.94. The van der Waals surface area contributed by atoms with Gasteiger partial charge in [-0.05, 0) is 18.8 Å². The molecule has 1 saturated carbocycles. The number of primary amides is 1. The lowest BCUT2D eigenvalue weighted by atomic mass is 9.98. The molecule has 0 aromatic rings. The minimum absolute atomic E-state index is 0.0937. The maximum atomic E-state index is 11.7. The number of rotatable bonds is 5. The van der Waals surface area contributed by atoms with Gasteiger partial charge in [0.15, 0.2) is 0 Å². The Hall–Kier alpha value is -1.26. The Balaban J connectivity index is 2.52. The molecular weight excluding hydrogens is 194 g/mol.